The van der Waals surface area contributed by atoms with Crippen LogP contribution in [-0.4, -0.2) is 9.97 Å². The molecule has 0 saturated heterocycles. The fraction of sp³-hybridized carbons (Fsp3) is 0. The van der Waals surface area contributed by atoms with E-state index >= 15 is 0 Å². The van der Waals surface area contributed by atoms with Gasteiger partial charge in [-0.3, -0.25) is 0 Å². The van der Waals surface area contributed by atoms with E-state index in [9.17, 15) is 0 Å². The average Bonchev–Trinajstić information content (AvgIpc) is 3.64. The van der Waals surface area contributed by atoms with Crippen molar-refractivity contribution in [3.8, 4) is 67.3 Å². The number of oxazole rings is 1. The molecule has 9 aromatic rings. The molecule has 7 aromatic carbocycles. The fourth-order valence-electron chi connectivity index (χ4n) is 6.73. The van der Waals surface area contributed by atoms with Gasteiger partial charge in [-0.1, -0.05) is 146 Å². The minimum absolute atomic E-state index is 0.618. The Labute approximate surface area is 284 Å². The molecule has 0 spiro atoms. The number of nitrogens with zero attached hydrogens (tertiary/aromatic N) is 2. The van der Waals surface area contributed by atoms with Gasteiger partial charge in [0.2, 0.25) is 5.89 Å². The molecule has 0 radical (unpaired) electrons. The molecule has 0 aliphatic rings. The highest BCUT2D eigenvalue weighted by Crippen LogP contribution is 2.43. The van der Waals surface area contributed by atoms with Gasteiger partial charge in [0.1, 0.15) is 5.52 Å². The normalized spacial score (nSPS) is 11.3. The van der Waals surface area contributed by atoms with E-state index in [0.717, 1.165) is 72.6 Å². The monoisotopic (exact) mass is 626 g/mol. The predicted octanol–water partition coefficient (Wildman–Crippen LogP) is 12.4. The smallest absolute Gasteiger partial charge is 0.227 e. The lowest BCUT2D eigenvalue weighted by Gasteiger charge is -2.16. The van der Waals surface area contributed by atoms with Crippen molar-refractivity contribution in [2.45, 2.75) is 0 Å². The SMILES string of the molecule is c1ccc(-c2cc(-c3cccc(-c4ccc5ccccc5c4-c4cccc5oc(-c6ccccc6)nc45)c3)cc(-c3ccccc3)n2)cc1. The van der Waals surface area contributed by atoms with E-state index in [2.05, 4.69) is 133 Å². The lowest BCUT2D eigenvalue weighted by Crippen LogP contribution is -1.92. The Morgan fingerprint density at radius 1 is 0.367 bits per heavy atom. The summed E-state index contributed by atoms with van der Waals surface area (Å²) in [6.07, 6.45) is 0. The van der Waals surface area contributed by atoms with Crippen LogP contribution in [0.4, 0.5) is 0 Å². The second kappa shape index (κ2) is 12.2. The average molecular weight is 627 g/mol. The first-order valence-corrected chi connectivity index (χ1v) is 16.5. The summed E-state index contributed by atoms with van der Waals surface area (Å²) in [6, 6.07) is 63.4. The Morgan fingerprint density at radius 2 is 0.959 bits per heavy atom. The Balaban J connectivity index is 1.24. The zero-order valence-electron chi connectivity index (χ0n) is 26.6. The van der Waals surface area contributed by atoms with E-state index in [-0.39, 0.29) is 0 Å². The van der Waals surface area contributed by atoms with Crippen molar-refractivity contribution >= 4 is 21.9 Å². The van der Waals surface area contributed by atoms with Crippen molar-refractivity contribution < 1.29 is 4.42 Å². The number of benzene rings is 7. The fourth-order valence-corrected chi connectivity index (χ4v) is 6.73. The van der Waals surface area contributed by atoms with Crippen LogP contribution in [0.25, 0.3) is 89.2 Å². The van der Waals surface area contributed by atoms with Gasteiger partial charge in [-0.15, -0.1) is 0 Å². The van der Waals surface area contributed by atoms with Crippen molar-refractivity contribution in [3.63, 3.8) is 0 Å². The van der Waals surface area contributed by atoms with E-state index in [1.807, 2.05) is 48.5 Å². The van der Waals surface area contributed by atoms with Gasteiger partial charge in [0.25, 0.3) is 0 Å². The third-order valence-electron chi connectivity index (χ3n) is 9.11. The van der Waals surface area contributed by atoms with Crippen LogP contribution in [0, 0.1) is 0 Å². The van der Waals surface area contributed by atoms with Crippen LogP contribution < -0.4 is 0 Å². The van der Waals surface area contributed by atoms with Crippen LogP contribution >= 0.6 is 0 Å². The van der Waals surface area contributed by atoms with Gasteiger partial charge in [-0.25, -0.2) is 9.97 Å². The Bertz CT molecular complexity index is 2530. The number of rotatable bonds is 6. The lowest BCUT2D eigenvalue weighted by atomic mass is 9.88. The van der Waals surface area contributed by atoms with Crippen molar-refractivity contribution in [2.75, 3.05) is 0 Å². The van der Waals surface area contributed by atoms with E-state index in [1.54, 1.807) is 0 Å². The zero-order valence-corrected chi connectivity index (χ0v) is 26.6. The highest BCUT2D eigenvalue weighted by molar-refractivity contribution is 6.09. The summed E-state index contributed by atoms with van der Waals surface area (Å²) >= 11 is 0. The molecule has 0 N–H and O–H groups in total. The molecule has 0 unspecified atom stereocenters. The van der Waals surface area contributed by atoms with Crippen LogP contribution in [0.15, 0.2) is 186 Å². The highest BCUT2D eigenvalue weighted by Gasteiger charge is 2.19. The van der Waals surface area contributed by atoms with Gasteiger partial charge in [0.15, 0.2) is 5.58 Å². The molecule has 0 aliphatic carbocycles. The number of pyridine rings is 1. The van der Waals surface area contributed by atoms with E-state index in [1.165, 1.54) is 10.8 Å². The van der Waals surface area contributed by atoms with Crippen molar-refractivity contribution in [2.24, 2.45) is 0 Å². The number of hydrogen-bond donors (Lipinski definition) is 0. The second-order valence-electron chi connectivity index (χ2n) is 12.2. The maximum absolute atomic E-state index is 6.33. The number of fused-ring (bicyclic) bond motifs is 2. The molecular weight excluding hydrogens is 597 g/mol. The molecule has 2 aromatic heterocycles. The van der Waals surface area contributed by atoms with E-state index in [4.69, 9.17) is 14.4 Å². The van der Waals surface area contributed by atoms with Gasteiger partial charge in [-0.2, -0.15) is 0 Å². The van der Waals surface area contributed by atoms with Crippen LogP contribution in [0.1, 0.15) is 0 Å². The Morgan fingerprint density at radius 3 is 1.67 bits per heavy atom. The van der Waals surface area contributed by atoms with Crippen molar-refractivity contribution in [1.29, 1.82) is 0 Å². The summed E-state index contributed by atoms with van der Waals surface area (Å²) in [7, 11) is 0. The maximum atomic E-state index is 6.33. The molecule has 0 fully saturated rings. The topological polar surface area (TPSA) is 38.9 Å². The summed E-state index contributed by atoms with van der Waals surface area (Å²) in [5, 5.41) is 2.35. The maximum Gasteiger partial charge on any atom is 0.227 e. The summed E-state index contributed by atoms with van der Waals surface area (Å²) < 4.78 is 6.33. The summed E-state index contributed by atoms with van der Waals surface area (Å²) in [5.41, 5.74) is 13.3. The number of para-hydroxylation sites is 1. The molecule has 0 atom stereocenters. The van der Waals surface area contributed by atoms with E-state index in [0.29, 0.717) is 5.89 Å². The Kier molecular flexibility index (Phi) is 7.14. The molecule has 230 valence electrons. The summed E-state index contributed by atoms with van der Waals surface area (Å²) in [6.45, 7) is 0. The molecule has 0 bridgehead atoms. The van der Waals surface area contributed by atoms with Crippen LogP contribution in [0.5, 0.6) is 0 Å². The first-order valence-electron chi connectivity index (χ1n) is 16.5. The van der Waals surface area contributed by atoms with Crippen molar-refractivity contribution in [3.05, 3.63) is 182 Å². The first-order chi connectivity index (χ1) is 24.3. The molecule has 0 amide bonds. The molecule has 0 saturated carbocycles. The number of hydrogen-bond acceptors (Lipinski definition) is 3. The predicted molar refractivity (Wildman–Crippen MR) is 202 cm³/mol. The van der Waals surface area contributed by atoms with Gasteiger partial charge in [-0.05, 0) is 75.0 Å². The molecule has 0 aliphatic heterocycles. The van der Waals surface area contributed by atoms with Gasteiger partial charge >= 0.3 is 0 Å². The minimum Gasteiger partial charge on any atom is -0.436 e. The summed E-state index contributed by atoms with van der Waals surface area (Å²) in [5.74, 6) is 0.618. The Hall–Kier alpha value is -6.58. The van der Waals surface area contributed by atoms with E-state index < -0.39 is 0 Å². The highest BCUT2D eigenvalue weighted by atomic mass is 16.3. The quantitative estimate of drug-likeness (QED) is 0.184. The third kappa shape index (κ3) is 5.38. The molecule has 49 heavy (non-hydrogen) atoms. The largest absolute Gasteiger partial charge is 0.436 e. The van der Waals surface area contributed by atoms with Crippen LogP contribution in [-0.2, 0) is 0 Å². The molecular formula is C46H30N2O. The first kappa shape index (κ1) is 28.6. The molecule has 3 heteroatoms. The standard InChI is InChI=1S/C46H30N2O/c1-4-15-32(16-5-1)41-29-37(30-42(47-41)33-17-6-2-7-18-33)35-21-12-22-36(28-35)39-27-26-31-14-10-11-23-38(31)44(39)40-24-13-25-43-45(40)48-46(49-43)34-19-8-3-9-20-34/h1-30H. The van der Waals surface area contributed by atoms with Crippen LogP contribution in [0.2, 0.25) is 0 Å². The molecule has 3 nitrogen and oxygen atoms in total. The third-order valence-corrected chi connectivity index (χ3v) is 9.11. The minimum atomic E-state index is 0.618. The van der Waals surface area contributed by atoms with Gasteiger partial charge < -0.3 is 4.42 Å². The van der Waals surface area contributed by atoms with Gasteiger partial charge in [0, 0.05) is 22.3 Å². The van der Waals surface area contributed by atoms with Crippen molar-refractivity contribution in [1.82, 2.24) is 9.97 Å². The lowest BCUT2D eigenvalue weighted by molar-refractivity contribution is 0.620. The number of aromatic nitrogens is 2. The second-order valence-corrected chi connectivity index (χ2v) is 12.2. The zero-order chi connectivity index (χ0) is 32.6. The summed E-state index contributed by atoms with van der Waals surface area (Å²) in [4.78, 5) is 10.2. The molecule has 2 heterocycles. The van der Waals surface area contributed by atoms with Gasteiger partial charge in [0.05, 0.1) is 11.4 Å². The molecule has 9 rings (SSSR count). The van der Waals surface area contributed by atoms with Crippen LogP contribution in [0.3, 0.4) is 0 Å².